The van der Waals surface area contributed by atoms with Crippen LogP contribution in [-0.2, 0) is 6.18 Å². The van der Waals surface area contributed by atoms with E-state index in [-0.39, 0.29) is 17.3 Å². The fraction of sp³-hybridized carbons (Fsp3) is 0.318. The summed E-state index contributed by atoms with van der Waals surface area (Å²) in [7, 11) is 0. The van der Waals surface area contributed by atoms with E-state index in [1.54, 1.807) is 0 Å². The number of anilines is 2. The van der Waals surface area contributed by atoms with Crippen molar-refractivity contribution in [1.82, 2.24) is 20.1 Å². The first-order chi connectivity index (χ1) is 15.7. The molecular formula is C22H22ClF3N6O. The van der Waals surface area contributed by atoms with Gasteiger partial charge in [-0.05, 0) is 55.2 Å². The van der Waals surface area contributed by atoms with Crippen molar-refractivity contribution in [3.05, 3.63) is 65.2 Å². The van der Waals surface area contributed by atoms with E-state index in [1.807, 2.05) is 25.1 Å². The van der Waals surface area contributed by atoms with E-state index in [9.17, 15) is 18.0 Å². The molecule has 0 radical (unpaired) electrons. The van der Waals surface area contributed by atoms with Crippen molar-refractivity contribution in [2.24, 2.45) is 5.92 Å². The Morgan fingerprint density at radius 2 is 2.03 bits per heavy atom. The molecule has 1 aliphatic heterocycles. The van der Waals surface area contributed by atoms with Crippen LogP contribution < -0.4 is 15.5 Å². The molecule has 0 aliphatic carbocycles. The summed E-state index contributed by atoms with van der Waals surface area (Å²) in [4.78, 5) is 18.2. The van der Waals surface area contributed by atoms with Gasteiger partial charge in [-0.25, -0.2) is 14.5 Å². The van der Waals surface area contributed by atoms with Gasteiger partial charge in [-0.1, -0.05) is 17.7 Å². The Hall–Kier alpha value is -3.27. The van der Waals surface area contributed by atoms with E-state index in [2.05, 4.69) is 25.6 Å². The van der Waals surface area contributed by atoms with Gasteiger partial charge in [-0.2, -0.15) is 18.3 Å². The van der Waals surface area contributed by atoms with Crippen molar-refractivity contribution in [2.45, 2.75) is 19.5 Å². The molecule has 174 valence electrons. The third-order valence-corrected chi connectivity index (χ3v) is 5.81. The molecule has 11 heteroatoms. The fourth-order valence-corrected chi connectivity index (χ4v) is 4.09. The number of carbonyl (C=O) groups is 1. The highest BCUT2D eigenvalue weighted by Gasteiger charge is 2.35. The average Bonchev–Trinajstić information content (AvgIpc) is 3.46. The predicted octanol–water partition coefficient (Wildman–Crippen LogP) is 4.90. The van der Waals surface area contributed by atoms with Crippen LogP contribution in [0.5, 0.6) is 0 Å². The first-order valence-corrected chi connectivity index (χ1v) is 10.7. The van der Waals surface area contributed by atoms with Crippen LogP contribution in [0.2, 0.25) is 5.02 Å². The summed E-state index contributed by atoms with van der Waals surface area (Å²) in [5.74, 6) is 0.217. The molecule has 3 aromatic rings. The van der Waals surface area contributed by atoms with Gasteiger partial charge in [0.25, 0.3) is 0 Å². The Morgan fingerprint density at radius 1 is 1.21 bits per heavy atom. The number of carbonyl (C=O) groups excluding carboxylic acids is 1. The number of aromatic nitrogens is 3. The number of rotatable bonds is 5. The second kappa shape index (κ2) is 9.30. The van der Waals surface area contributed by atoms with Crippen LogP contribution >= 0.6 is 11.6 Å². The average molecular weight is 479 g/mol. The standard InChI is InChI=1S/C22H22ClF3N6O/c1-14-2-3-16(23)8-20(14)31-7-6-15(11-31)10-28-21(33)30-17-4-5-19(32-13-27-12-29-32)18(9-17)22(24,25)26/h2-5,8-9,12-13,15H,6-7,10-11H2,1H3,(H2,28,30,33). The van der Waals surface area contributed by atoms with Crippen molar-refractivity contribution >= 4 is 29.0 Å². The van der Waals surface area contributed by atoms with Crippen molar-refractivity contribution in [3.63, 3.8) is 0 Å². The third kappa shape index (κ3) is 5.39. The van der Waals surface area contributed by atoms with Gasteiger partial charge in [0.2, 0.25) is 0 Å². The van der Waals surface area contributed by atoms with Crippen molar-refractivity contribution in [3.8, 4) is 5.69 Å². The highest BCUT2D eigenvalue weighted by Crippen LogP contribution is 2.35. The molecule has 2 aromatic carbocycles. The molecule has 1 unspecified atom stereocenters. The normalized spacial score (nSPS) is 16.2. The lowest BCUT2D eigenvalue weighted by atomic mass is 10.1. The molecule has 33 heavy (non-hydrogen) atoms. The maximum absolute atomic E-state index is 13.5. The molecule has 7 nitrogen and oxygen atoms in total. The Balaban J connectivity index is 1.36. The van der Waals surface area contributed by atoms with Crippen LogP contribution in [0.1, 0.15) is 17.5 Å². The number of nitrogens with zero attached hydrogens (tertiary/aromatic N) is 4. The summed E-state index contributed by atoms with van der Waals surface area (Å²) in [6, 6.07) is 8.72. The number of amides is 2. The Labute approximate surface area is 193 Å². The van der Waals surface area contributed by atoms with E-state index in [4.69, 9.17) is 11.6 Å². The Kier molecular flexibility index (Phi) is 6.46. The number of benzene rings is 2. The third-order valence-electron chi connectivity index (χ3n) is 5.57. The smallest absolute Gasteiger partial charge is 0.371 e. The van der Waals surface area contributed by atoms with Gasteiger partial charge in [0.15, 0.2) is 0 Å². The molecule has 1 saturated heterocycles. The largest absolute Gasteiger partial charge is 0.418 e. The highest BCUT2D eigenvalue weighted by molar-refractivity contribution is 6.30. The summed E-state index contributed by atoms with van der Waals surface area (Å²) in [5.41, 5.74) is 1.14. The lowest BCUT2D eigenvalue weighted by Crippen LogP contribution is -2.34. The molecule has 0 spiro atoms. The fourth-order valence-electron chi connectivity index (χ4n) is 3.93. The van der Waals surface area contributed by atoms with Crippen LogP contribution in [0.3, 0.4) is 0 Å². The SMILES string of the molecule is Cc1ccc(Cl)cc1N1CCC(CNC(=O)Nc2ccc(-n3cncn3)c(C(F)(F)F)c2)C1. The Morgan fingerprint density at radius 3 is 2.76 bits per heavy atom. The molecule has 2 amide bonds. The summed E-state index contributed by atoms with van der Waals surface area (Å²) in [5, 5.41) is 9.67. The maximum Gasteiger partial charge on any atom is 0.418 e. The van der Waals surface area contributed by atoms with Crippen LogP contribution in [-0.4, -0.2) is 40.4 Å². The summed E-state index contributed by atoms with van der Waals surface area (Å²) >= 11 is 6.12. The minimum Gasteiger partial charge on any atom is -0.371 e. The molecule has 2 heterocycles. The first-order valence-electron chi connectivity index (χ1n) is 10.3. The quantitative estimate of drug-likeness (QED) is 0.547. The zero-order chi connectivity index (χ0) is 23.6. The lowest BCUT2D eigenvalue weighted by Gasteiger charge is -2.21. The van der Waals surface area contributed by atoms with Crippen molar-refractivity contribution in [1.29, 1.82) is 0 Å². The zero-order valence-corrected chi connectivity index (χ0v) is 18.5. The highest BCUT2D eigenvalue weighted by atomic mass is 35.5. The molecule has 2 N–H and O–H groups in total. The minimum absolute atomic E-state index is 0.0336. The summed E-state index contributed by atoms with van der Waals surface area (Å²) < 4.78 is 41.6. The maximum atomic E-state index is 13.5. The first kappa shape index (κ1) is 22.9. The number of alkyl halides is 3. The van der Waals surface area contributed by atoms with E-state index < -0.39 is 17.8 Å². The van der Waals surface area contributed by atoms with Gasteiger partial charge in [-0.15, -0.1) is 0 Å². The second-order valence-corrected chi connectivity index (χ2v) is 8.37. The molecule has 1 aromatic heterocycles. The number of urea groups is 1. The van der Waals surface area contributed by atoms with Crippen molar-refractivity contribution in [2.75, 3.05) is 29.9 Å². The van der Waals surface area contributed by atoms with E-state index in [1.165, 1.54) is 18.5 Å². The summed E-state index contributed by atoms with van der Waals surface area (Å²) in [6.45, 7) is 4.03. The van der Waals surface area contributed by atoms with Gasteiger partial charge in [0.1, 0.15) is 12.7 Å². The van der Waals surface area contributed by atoms with Crippen LogP contribution in [0.25, 0.3) is 5.69 Å². The Bertz CT molecular complexity index is 1140. The second-order valence-electron chi connectivity index (χ2n) is 7.94. The van der Waals surface area contributed by atoms with Gasteiger partial charge in [0.05, 0.1) is 11.3 Å². The van der Waals surface area contributed by atoms with E-state index in [0.717, 1.165) is 47.8 Å². The monoisotopic (exact) mass is 478 g/mol. The van der Waals surface area contributed by atoms with Crippen LogP contribution in [0, 0.1) is 12.8 Å². The lowest BCUT2D eigenvalue weighted by molar-refractivity contribution is -0.137. The van der Waals surface area contributed by atoms with E-state index in [0.29, 0.717) is 11.6 Å². The van der Waals surface area contributed by atoms with Gasteiger partial charge >= 0.3 is 12.2 Å². The van der Waals surface area contributed by atoms with Gasteiger partial charge in [-0.3, -0.25) is 0 Å². The topological polar surface area (TPSA) is 75.1 Å². The van der Waals surface area contributed by atoms with Gasteiger partial charge in [0, 0.05) is 36.0 Å². The molecule has 1 aliphatic rings. The number of hydrogen-bond donors (Lipinski definition) is 2. The minimum atomic E-state index is -4.62. The van der Waals surface area contributed by atoms with Crippen molar-refractivity contribution < 1.29 is 18.0 Å². The molecule has 4 rings (SSSR count). The number of nitrogens with one attached hydrogen (secondary N) is 2. The molecule has 0 saturated carbocycles. The van der Waals surface area contributed by atoms with E-state index >= 15 is 0 Å². The number of hydrogen-bond acceptors (Lipinski definition) is 4. The van der Waals surface area contributed by atoms with Crippen LogP contribution in [0.4, 0.5) is 29.3 Å². The summed E-state index contributed by atoms with van der Waals surface area (Å²) in [6.07, 6.45) is -1.41. The molecule has 1 atom stereocenters. The van der Waals surface area contributed by atoms with Gasteiger partial charge < -0.3 is 15.5 Å². The number of aryl methyl sites for hydroxylation is 1. The van der Waals surface area contributed by atoms with Crippen LogP contribution in [0.15, 0.2) is 49.1 Å². The zero-order valence-electron chi connectivity index (χ0n) is 17.7. The molecule has 0 bridgehead atoms. The molecule has 1 fully saturated rings. The predicted molar refractivity (Wildman–Crippen MR) is 120 cm³/mol. The number of halogens is 4. The molecular weight excluding hydrogens is 457 g/mol.